The second-order valence-electron chi connectivity index (χ2n) is 1.61. The van der Waals surface area contributed by atoms with Crippen LogP contribution in [0.2, 0.25) is 5.15 Å². The van der Waals surface area contributed by atoms with E-state index in [0.717, 1.165) is 5.56 Å². The third-order valence-corrected chi connectivity index (χ3v) is 1.65. The molecule has 0 aliphatic rings. The maximum absolute atomic E-state index is 5.63. The summed E-state index contributed by atoms with van der Waals surface area (Å²) in [7, 11) is 0. The normalized spacial score (nSPS) is 9.67. The fourth-order valence-corrected chi connectivity index (χ4v) is 0.912. The number of rotatable bonds is 0. The lowest BCUT2D eigenvalue weighted by atomic mass is 10.4. The van der Waals surface area contributed by atoms with Crippen molar-refractivity contribution in [2.24, 2.45) is 0 Å². The van der Waals surface area contributed by atoms with E-state index in [1.807, 2.05) is 6.92 Å². The van der Waals surface area contributed by atoms with E-state index >= 15 is 0 Å². The van der Waals surface area contributed by atoms with Crippen LogP contribution in [-0.2, 0) is 0 Å². The molecule has 1 heterocycles. The van der Waals surface area contributed by atoms with Crippen molar-refractivity contribution in [3.05, 3.63) is 21.6 Å². The van der Waals surface area contributed by atoms with Gasteiger partial charge < -0.3 is 0 Å². The summed E-state index contributed by atoms with van der Waals surface area (Å²) in [6.07, 6.45) is 1.67. The van der Waals surface area contributed by atoms with E-state index in [2.05, 4.69) is 25.9 Å². The molecule has 0 saturated carbocycles. The van der Waals surface area contributed by atoms with E-state index in [9.17, 15) is 0 Å². The topological polar surface area (TPSA) is 25.8 Å². The molecule has 48 valence electrons. The smallest absolute Gasteiger partial charge is 0.197 e. The number of hydrogen-bond acceptors (Lipinski definition) is 2. The molecule has 0 N–H and O–H groups in total. The molecule has 1 aromatic heterocycles. The predicted octanol–water partition coefficient (Wildman–Crippen LogP) is 2.20. The highest BCUT2D eigenvalue weighted by Gasteiger charge is 1.95. The minimum Gasteiger partial charge on any atom is -0.230 e. The van der Waals surface area contributed by atoms with Crippen molar-refractivity contribution in [1.29, 1.82) is 0 Å². The van der Waals surface area contributed by atoms with Gasteiger partial charge in [-0.3, -0.25) is 0 Å². The first-order valence-corrected chi connectivity index (χ1v) is 3.52. The summed E-state index contributed by atoms with van der Waals surface area (Å²) < 4.78 is 0.526. The molecule has 0 radical (unpaired) electrons. The average molecular weight is 207 g/mol. The highest BCUT2D eigenvalue weighted by molar-refractivity contribution is 9.10. The van der Waals surface area contributed by atoms with Gasteiger partial charge in [0.1, 0.15) is 5.15 Å². The van der Waals surface area contributed by atoms with Crippen LogP contribution in [0.3, 0.4) is 0 Å². The Balaban J connectivity index is 3.17. The molecule has 2 nitrogen and oxygen atoms in total. The zero-order valence-corrected chi connectivity index (χ0v) is 7.07. The zero-order chi connectivity index (χ0) is 6.85. The first-order valence-electron chi connectivity index (χ1n) is 2.35. The van der Waals surface area contributed by atoms with Gasteiger partial charge in [0.25, 0.3) is 0 Å². The molecule has 0 amide bonds. The van der Waals surface area contributed by atoms with Gasteiger partial charge in [0.15, 0.2) is 4.73 Å². The molecular formula is C5H4BrClN2. The van der Waals surface area contributed by atoms with Crippen molar-refractivity contribution in [2.45, 2.75) is 6.92 Å². The first-order chi connectivity index (χ1) is 4.20. The third-order valence-electron chi connectivity index (χ3n) is 0.881. The highest BCUT2D eigenvalue weighted by atomic mass is 79.9. The third kappa shape index (κ3) is 1.63. The molecule has 0 unspecified atom stereocenters. The highest BCUT2D eigenvalue weighted by Crippen LogP contribution is 2.12. The Morgan fingerprint density at radius 1 is 1.67 bits per heavy atom. The van der Waals surface area contributed by atoms with Crippen LogP contribution < -0.4 is 0 Å². The van der Waals surface area contributed by atoms with E-state index in [1.54, 1.807) is 6.20 Å². The molecule has 1 aromatic rings. The van der Waals surface area contributed by atoms with Gasteiger partial charge in [0, 0.05) is 11.8 Å². The summed E-state index contributed by atoms with van der Waals surface area (Å²) >= 11 is 8.72. The number of halogens is 2. The van der Waals surface area contributed by atoms with Crippen LogP contribution in [0.1, 0.15) is 5.56 Å². The summed E-state index contributed by atoms with van der Waals surface area (Å²) in [5, 5.41) is 0.497. The molecule has 0 aliphatic carbocycles. The molecule has 0 aliphatic heterocycles. The van der Waals surface area contributed by atoms with Gasteiger partial charge >= 0.3 is 0 Å². The van der Waals surface area contributed by atoms with Crippen LogP contribution in [-0.4, -0.2) is 9.97 Å². The fourth-order valence-electron chi connectivity index (χ4n) is 0.401. The Morgan fingerprint density at radius 3 is 2.78 bits per heavy atom. The Bertz CT molecular complexity index is 226. The van der Waals surface area contributed by atoms with Crippen LogP contribution in [0, 0.1) is 6.92 Å². The quantitative estimate of drug-likeness (QED) is 0.481. The molecule has 0 saturated heterocycles. The Hall–Kier alpha value is -0.150. The van der Waals surface area contributed by atoms with Gasteiger partial charge in [0.2, 0.25) is 0 Å². The largest absolute Gasteiger partial charge is 0.230 e. The molecular weight excluding hydrogens is 203 g/mol. The van der Waals surface area contributed by atoms with Crippen molar-refractivity contribution in [3.8, 4) is 0 Å². The van der Waals surface area contributed by atoms with Crippen molar-refractivity contribution < 1.29 is 0 Å². The van der Waals surface area contributed by atoms with E-state index in [0.29, 0.717) is 9.89 Å². The lowest BCUT2D eigenvalue weighted by Gasteiger charge is -1.93. The lowest BCUT2D eigenvalue weighted by molar-refractivity contribution is 1.08. The Morgan fingerprint density at radius 2 is 2.33 bits per heavy atom. The van der Waals surface area contributed by atoms with Crippen LogP contribution in [0.15, 0.2) is 10.9 Å². The van der Waals surface area contributed by atoms with Crippen molar-refractivity contribution in [1.82, 2.24) is 9.97 Å². The number of nitrogens with zero attached hydrogens (tertiary/aromatic N) is 2. The molecule has 0 aromatic carbocycles. The molecule has 0 spiro atoms. The predicted molar refractivity (Wildman–Crippen MR) is 39.5 cm³/mol. The summed E-state index contributed by atoms with van der Waals surface area (Å²) in [4.78, 5) is 7.70. The van der Waals surface area contributed by atoms with Crippen molar-refractivity contribution in [3.63, 3.8) is 0 Å². The van der Waals surface area contributed by atoms with E-state index in [4.69, 9.17) is 11.6 Å². The van der Waals surface area contributed by atoms with Gasteiger partial charge in [-0.05, 0) is 22.9 Å². The SMILES string of the molecule is Cc1cnc(Br)nc1Cl. The van der Waals surface area contributed by atoms with Crippen LogP contribution in [0.5, 0.6) is 0 Å². The van der Waals surface area contributed by atoms with Crippen molar-refractivity contribution in [2.75, 3.05) is 0 Å². The maximum atomic E-state index is 5.63. The summed E-state index contributed by atoms with van der Waals surface area (Å²) in [5.74, 6) is 0. The average Bonchev–Trinajstić information content (AvgIpc) is 1.80. The lowest BCUT2D eigenvalue weighted by Crippen LogP contribution is -1.84. The number of aromatic nitrogens is 2. The minimum absolute atomic E-state index is 0.497. The molecule has 4 heteroatoms. The van der Waals surface area contributed by atoms with E-state index in [-0.39, 0.29) is 0 Å². The fraction of sp³-hybridized carbons (Fsp3) is 0.200. The monoisotopic (exact) mass is 206 g/mol. The van der Waals surface area contributed by atoms with Gasteiger partial charge in [-0.15, -0.1) is 0 Å². The van der Waals surface area contributed by atoms with Crippen molar-refractivity contribution >= 4 is 27.5 Å². The van der Waals surface area contributed by atoms with Crippen LogP contribution >= 0.6 is 27.5 Å². The Kier molecular flexibility index (Phi) is 2.03. The molecule has 9 heavy (non-hydrogen) atoms. The standard InChI is InChI=1S/C5H4BrClN2/c1-3-2-8-5(6)9-4(3)7/h2H,1H3. The maximum Gasteiger partial charge on any atom is 0.197 e. The van der Waals surface area contributed by atoms with Gasteiger partial charge in [-0.1, -0.05) is 11.6 Å². The minimum atomic E-state index is 0.497. The Labute approximate surface area is 66.4 Å². The van der Waals surface area contributed by atoms with Gasteiger partial charge in [-0.25, -0.2) is 9.97 Å². The zero-order valence-electron chi connectivity index (χ0n) is 4.73. The molecule has 0 fully saturated rings. The molecule has 0 bridgehead atoms. The first kappa shape index (κ1) is 6.96. The van der Waals surface area contributed by atoms with Crippen LogP contribution in [0.25, 0.3) is 0 Å². The summed E-state index contributed by atoms with van der Waals surface area (Å²) in [6.45, 7) is 1.86. The van der Waals surface area contributed by atoms with E-state index < -0.39 is 0 Å². The number of aryl methyl sites for hydroxylation is 1. The summed E-state index contributed by atoms with van der Waals surface area (Å²) in [5.41, 5.74) is 0.889. The second kappa shape index (κ2) is 2.62. The molecule has 1 rings (SSSR count). The van der Waals surface area contributed by atoms with E-state index in [1.165, 1.54) is 0 Å². The summed E-state index contributed by atoms with van der Waals surface area (Å²) in [6, 6.07) is 0. The van der Waals surface area contributed by atoms with Gasteiger partial charge in [-0.2, -0.15) is 0 Å². The number of hydrogen-bond donors (Lipinski definition) is 0. The van der Waals surface area contributed by atoms with Crippen LogP contribution in [0.4, 0.5) is 0 Å². The second-order valence-corrected chi connectivity index (χ2v) is 2.68. The molecule has 0 atom stereocenters. The van der Waals surface area contributed by atoms with Gasteiger partial charge in [0.05, 0.1) is 0 Å².